The molecule has 1 aromatic heterocycles. The third-order valence-corrected chi connectivity index (χ3v) is 2.56. The van der Waals surface area contributed by atoms with Gasteiger partial charge < -0.3 is 0 Å². The molecule has 0 bridgehead atoms. The van der Waals surface area contributed by atoms with E-state index >= 15 is 0 Å². The first kappa shape index (κ1) is 9.72. The highest BCUT2D eigenvalue weighted by Gasteiger charge is 1.96. The van der Waals surface area contributed by atoms with E-state index in [1.165, 1.54) is 10.8 Å². The number of aromatic nitrogens is 3. The Morgan fingerprint density at radius 3 is 2.59 bits per heavy atom. The van der Waals surface area contributed by atoms with Gasteiger partial charge >= 0.3 is 0 Å². The van der Waals surface area contributed by atoms with Gasteiger partial charge in [0.25, 0.3) is 0 Å². The van der Waals surface area contributed by atoms with Crippen molar-refractivity contribution in [3.8, 4) is 0 Å². The second-order valence-electron chi connectivity index (χ2n) is 3.65. The Labute approximate surface area is 98.2 Å². The fraction of sp³-hybridized carbons (Fsp3) is 0. The van der Waals surface area contributed by atoms with Crippen LogP contribution in [0.3, 0.4) is 0 Å². The molecule has 82 valence electrons. The molecule has 0 N–H and O–H groups in total. The van der Waals surface area contributed by atoms with E-state index in [1.807, 2.05) is 30.5 Å². The number of hydrogen-bond acceptors (Lipinski definition) is 3. The number of hydrogen-bond donors (Lipinski definition) is 0. The summed E-state index contributed by atoms with van der Waals surface area (Å²) in [7, 11) is 0. The van der Waals surface area contributed by atoms with E-state index in [0.717, 1.165) is 5.56 Å². The Balaban J connectivity index is 2.06. The summed E-state index contributed by atoms with van der Waals surface area (Å²) in [5.41, 5.74) is 1.08. The molecule has 17 heavy (non-hydrogen) atoms. The second kappa shape index (κ2) is 4.17. The first-order valence-corrected chi connectivity index (χ1v) is 5.30. The summed E-state index contributed by atoms with van der Waals surface area (Å²) in [4.78, 5) is 0. The average Bonchev–Trinajstić information content (AvgIpc) is 2.89. The number of rotatable bonds is 2. The predicted molar refractivity (Wildman–Crippen MR) is 67.0 cm³/mol. The molecule has 0 atom stereocenters. The van der Waals surface area contributed by atoms with E-state index in [2.05, 4.69) is 33.5 Å². The van der Waals surface area contributed by atoms with Gasteiger partial charge in [-0.05, 0) is 10.8 Å². The van der Waals surface area contributed by atoms with E-state index in [9.17, 15) is 0 Å². The Hall–Kier alpha value is -2.49. The van der Waals surface area contributed by atoms with Crippen LogP contribution in [0.5, 0.6) is 0 Å². The van der Waals surface area contributed by atoms with Crippen LogP contribution in [0.2, 0.25) is 0 Å². The van der Waals surface area contributed by atoms with Crippen molar-refractivity contribution in [2.75, 3.05) is 0 Å². The third kappa shape index (κ3) is 1.92. The van der Waals surface area contributed by atoms with Crippen molar-refractivity contribution < 1.29 is 0 Å². The zero-order valence-corrected chi connectivity index (χ0v) is 9.06. The summed E-state index contributed by atoms with van der Waals surface area (Å²) < 4.78 is 1.57. The average molecular weight is 222 g/mol. The third-order valence-electron chi connectivity index (χ3n) is 2.56. The molecule has 0 aliphatic rings. The maximum atomic E-state index is 4.25. The van der Waals surface area contributed by atoms with Crippen LogP contribution in [0.15, 0.2) is 60.2 Å². The summed E-state index contributed by atoms with van der Waals surface area (Å²) in [6, 6.07) is 14.4. The monoisotopic (exact) mass is 222 g/mol. The highest BCUT2D eigenvalue weighted by Crippen LogP contribution is 2.16. The van der Waals surface area contributed by atoms with Crippen molar-refractivity contribution >= 4 is 17.0 Å². The molecule has 4 nitrogen and oxygen atoms in total. The Kier molecular flexibility index (Phi) is 2.38. The first-order chi connectivity index (χ1) is 8.43. The van der Waals surface area contributed by atoms with Crippen molar-refractivity contribution in [3.63, 3.8) is 0 Å². The highest BCUT2D eigenvalue weighted by atomic mass is 15.4. The van der Waals surface area contributed by atoms with Gasteiger partial charge in [-0.2, -0.15) is 5.10 Å². The van der Waals surface area contributed by atoms with E-state index in [4.69, 9.17) is 0 Å². The van der Waals surface area contributed by atoms with E-state index in [1.54, 1.807) is 17.3 Å². The normalized spacial score (nSPS) is 11.3. The van der Waals surface area contributed by atoms with Gasteiger partial charge in [0, 0.05) is 5.56 Å². The van der Waals surface area contributed by atoms with Gasteiger partial charge in [0.05, 0.1) is 6.21 Å². The topological polar surface area (TPSA) is 43.1 Å². The minimum atomic E-state index is 1.08. The summed E-state index contributed by atoms with van der Waals surface area (Å²) >= 11 is 0. The van der Waals surface area contributed by atoms with Crippen LogP contribution in [-0.2, 0) is 0 Å². The lowest BCUT2D eigenvalue weighted by Gasteiger charge is -2.00. The summed E-state index contributed by atoms with van der Waals surface area (Å²) in [6.07, 6.45) is 4.93. The molecule has 0 fully saturated rings. The van der Waals surface area contributed by atoms with Crippen LogP contribution in [0.4, 0.5) is 0 Å². The van der Waals surface area contributed by atoms with Crippen LogP contribution in [-0.4, -0.2) is 21.1 Å². The summed E-state index contributed by atoms with van der Waals surface area (Å²) in [6.45, 7) is 0. The van der Waals surface area contributed by atoms with Gasteiger partial charge in [0.15, 0.2) is 0 Å². The molecule has 3 aromatic rings. The summed E-state index contributed by atoms with van der Waals surface area (Å²) in [5.74, 6) is 0. The number of benzene rings is 2. The quantitative estimate of drug-likeness (QED) is 0.624. The lowest BCUT2D eigenvalue weighted by molar-refractivity contribution is 0.878. The lowest BCUT2D eigenvalue weighted by atomic mass is 10.1. The minimum absolute atomic E-state index is 1.08. The standard InChI is InChI=1S/C13H10N4/c1-2-7-13-11(4-1)5-3-6-12(13)8-16-17-9-14-15-10-17/h1-10H. The van der Waals surface area contributed by atoms with Crippen LogP contribution in [0.25, 0.3) is 10.8 Å². The van der Waals surface area contributed by atoms with Crippen molar-refractivity contribution in [2.45, 2.75) is 0 Å². The van der Waals surface area contributed by atoms with Crippen LogP contribution >= 0.6 is 0 Å². The van der Waals surface area contributed by atoms with Crippen molar-refractivity contribution in [1.82, 2.24) is 14.9 Å². The van der Waals surface area contributed by atoms with Crippen molar-refractivity contribution in [1.29, 1.82) is 0 Å². The highest BCUT2D eigenvalue weighted by molar-refractivity contribution is 5.99. The molecule has 0 amide bonds. The van der Waals surface area contributed by atoms with Gasteiger partial charge in [-0.25, -0.2) is 4.68 Å². The molecule has 0 unspecified atom stereocenters. The molecular formula is C13H10N4. The number of nitrogens with zero attached hydrogens (tertiary/aromatic N) is 4. The molecule has 1 heterocycles. The maximum absolute atomic E-state index is 4.25. The molecule has 2 aromatic carbocycles. The fourth-order valence-electron chi connectivity index (χ4n) is 1.75. The SMILES string of the molecule is C(=Nn1cnnc1)c1cccc2ccccc12. The molecule has 0 radical (unpaired) electrons. The van der Waals surface area contributed by atoms with E-state index < -0.39 is 0 Å². The van der Waals surface area contributed by atoms with Gasteiger partial charge in [0.1, 0.15) is 12.7 Å². The molecule has 0 saturated carbocycles. The van der Waals surface area contributed by atoms with Crippen molar-refractivity contribution in [3.05, 3.63) is 60.7 Å². The van der Waals surface area contributed by atoms with Gasteiger partial charge in [-0.15, -0.1) is 10.2 Å². The molecule has 0 saturated heterocycles. The smallest absolute Gasteiger partial charge is 0.141 e. The maximum Gasteiger partial charge on any atom is 0.141 e. The zero-order valence-electron chi connectivity index (χ0n) is 9.06. The fourth-order valence-corrected chi connectivity index (χ4v) is 1.75. The van der Waals surface area contributed by atoms with Gasteiger partial charge in [-0.3, -0.25) is 0 Å². The molecule has 3 rings (SSSR count). The molecule has 0 aliphatic heterocycles. The first-order valence-electron chi connectivity index (χ1n) is 5.30. The van der Waals surface area contributed by atoms with Crippen LogP contribution in [0, 0.1) is 0 Å². The lowest BCUT2D eigenvalue weighted by Crippen LogP contribution is -1.88. The Morgan fingerprint density at radius 1 is 0.941 bits per heavy atom. The largest absolute Gasteiger partial charge is 0.208 e. The van der Waals surface area contributed by atoms with Crippen molar-refractivity contribution in [2.24, 2.45) is 5.10 Å². The van der Waals surface area contributed by atoms with Gasteiger partial charge in [-0.1, -0.05) is 42.5 Å². The van der Waals surface area contributed by atoms with E-state index in [0.29, 0.717) is 0 Å². The molecule has 0 aliphatic carbocycles. The van der Waals surface area contributed by atoms with E-state index in [-0.39, 0.29) is 0 Å². The second-order valence-corrected chi connectivity index (χ2v) is 3.65. The molecule has 4 heteroatoms. The molecular weight excluding hydrogens is 212 g/mol. The number of fused-ring (bicyclic) bond motifs is 1. The Morgan fingerprint density at radius 2 is 1.71 bits per heavy atom. The van der Waals surface area contributed by atoms with Crippen LogP contribution < -0.4 is 0 Å². The minimum Gasteiger partial charge on any atom is -0.208 e. The predicted octanol–water partition coefficient (Wildman–Crippen LogP) is 2.31. The summed E-state index contributed by atoms with van der Waals surface area (Å²) in [5, 5.41) is 14.0. The van der Waals surface area contributed by atoms with Crippen LogP contribution in [0.1, 0.15) is 5.56 Å². The Bertz CT molecular complexity index is 651. The molecule has 0 spiro atoms. The van der Waals surface area contributed by atoms with Gasteiger partial charge in [0.2, 0.25) is 0 Å². The zero-order chi connectivity index (χ0) is 11.5.